The van der Waals surface area contributed by atoms with Crippen LogP contribution in [-0.4, -0.2) is 45.9 Å². The van der Waals surface area contributed by atoms with Crippen LogP contribution in [0.2, 0.25) is 0 Å². The number of anilines is 1. The van der Waals surface area contributed by atoms with Gasteiger partial charge in [0.25, 0.3) is 0 Å². The molecule has 5 rings (SSSR count). The minimum Gasteiger partial charge on any atom is -0.341 e. The van der Waals surface area contributed by atoms with Crippen molar-refractivity contribution in [2.24, 2.45) is 0 Å². The second-order valence-electron chi connectivity index (χ2n) is 8.68. The van der Waals surface area contributed by atoms with Crippen molar-refractivity contribution >= 4 is 28.5 Å². The first kappa shape index (κ1) is 19.8. The zero-order chi connectivity index (χ0) is 21.4. The first-order valence-corrected chi connectivity index (χ1v) is 11.2. The largest absolute Gasteiger partial charge is 0.341 e. The molecule has 3 aromatic rings. The van der Waals surface area contributed by atoms with Crippen molar-refractivity contribution in [2.45, 2.75) is 45.1 Å². The number of aryl methyl sites for hydroxylation is 1. The lowest BCUT2D eigenvalue weighted by Gasteiger charge is -2.27. The van der Waals surface area contributed by atoms with Crippen LogP contribution in [0.15, 0.2) is 48.5 Å². The fourth-order valence-corrected chi connectivity index (χ4v) is 4.93. The quantitative estimate of drug-likeness (QED) is 0.649. The average Bonchev–Trinajstić information content (AvgIpc) is 3.35. The topological polar surface area (TPSA) is 58.4 Å². The van der Waals surface area contributed by atoms with Gasteiger partial charge in [-0.1, -0.05) is 30.3 Å². The molecule has 160 valence electrons. The number of hydrogen-bond acceptors (Lipinski definition) is 3. The van der Waals surface area contributed by atoms with Gasteiger partial charge in [0.15, 0.2) is 0 Å². The Balaban J connectivity index is 1.47. The van der Waals surface area contributed by atoms with E-state index in [1.807, 2.05) is 69.8 Å². The highest BCUT2D eigenvalue weighted by Crippen LogP contribution is 2.34. The third-order valence-electron chi connectivity index (χ3n) is 6.58. The highest BCUT2D eigenvalue weighted by Gasteiger charge is 2.35. The van der Waals surface area contributed by atoms with Gasteiger partial charge in [-0.25, -0.2) is 4.98 Å². The number of imidazole rings is 1. The Hall–Kier alpha value is -3.15. The van der Waals surface area contributed by atoms with Crippen molar-refractivity contribution < 1.29 is 9.59 Å². The minimum atomic E-state index is -0.0336. The number of para-hydroxylation sites is 3. The van der Waals surface area contributed by atoms with Crippen LogP contribution in [0.3, 0.4) is 0 Å². The molecular formula is C25H28N4O2. The van der Waals surface area contributed by atoms with Gasteiger partial charge in [0.2, 0.25) is 11.8 Å². The van der Waals surface area contributed by atoms with Crippen molar-refractivity contribution in [3.63, 3.8) is 0 Å². The van der Waals surface area contributed by atoms with Crippen LogP contribution in [0, 0.1) is 6.92 Å². The first-order valence-electron chi connectivity index (χ1n) is 11.2. The summed E-state index contributed by atoms with van der Waals surface area (Å²) in [5.41, 5.74) is 3.89. The first-order chi connectivity index (χ1) is 15.1. The van der Waals surface area contributed by atoms with Gasteiger partial charge in [0, 0.05) is 37.7 Å². The highest BCUT2D eigenvalue weighted by atomic mass is 16.2. The zero-order valence-electron chi connectivity index (χ0n) is 18.0. The molecule has 0 N–H and O–H groups in total. The third-order valence-corrected chi connectivity index (χ3v) is 6.58. The number of likely N-dealkylation sites (tertiary alicyclic amines) is 1. The van der Waals surface area contributed by atoms with Crippen LogP contribution in [0.25, 0.3) is 11.0 Å². The summed E-state index contributed by atoms with van der Waals surface area (Å²) in [4.78, 5) is 34.7. The molecule has 0 unspecified atom stereocenters. The molecule has 1 aromatic heterocycles. The second-order valence-corrected chi connectivity index (χ2v) is 8.68. The summed E-state index contributed by atoms with van der Waals surface area (Å²) in [7, 11) is 0. The molecule has 2 aromatic carbocycles. The number of fused-ring (bicyclic) bond motifs is 1. The van der Waals surface area contributed by atoms with E-state index in [0.29, 0.717) is 13.0 Å². The molecular weight excluding hydrogens is 388 g/mol. The van der Waals surface area contributed by atoms with Crippen LogP contribution in [0.5, 0.6) is 0 Å². The van der Waals surface area contributed by atoms with E-state index in [4.69, 9.17) is 4.98 Å². The van der Waals surface area contributed by atoms with Gasteiger partial charge in [0.05, 0.1) is 11.0 Å². The molecule has 1 atom stereocenters. The summed E-state index contributed by atoms with van der Waals surface area (Å²) < 4.78 is 2.05. The normalized spacial score (nSPS) is 19.4. The molecule has 31 heavy (non-hydrogen) atoms. The molecule has 2 aliphatic heterocycles. The summed E-state index contributed by atoms with van der Waals surface area (Å²) in [6, 6.07) is 15.9. The van der Waals surface area contributed by atoms with Gasteiger partial charge in [-0.05, 0) is 49.9 Å². The predicted molar refractivity (Wildman–Crippen MR) is 121 cm³/mol. The van der Waals surface area contributed by atoms with Crippen molar-refractivity contribution in [3.8, 4) is 0 Å². The van der Waals surface area contributed by atoms with E-state index < -0.39 is 0 Å². The van der Waals surface area contributed by atoms with E-state index in [1.165, 1.54) is 6.42 Å². The number of rotatable bonds is 4. The summed E-state index contributed by atoms with van der Waals surface area (Å²) in [5, 5.41) is 0. The Kier molecular flexibility index (Phi) is 5.22. The molecule has 2 saturated heterocycles. The monoisotopic (exact) mass is 416 g/mol. The Morgan fingerprint density at radius 3 is 2.58 bits per heavy atom. The lowest BCUT2D eigenvalue weighted by molar-refractivity contribution is -0.132. The van der Waals surface area contributed by atoms with Gasteiger partial charge in [-0.3, -0.25) is 9.59 Å². The van der Waals surface area contributed by atoms with E-state index in [0.717, 1.165) is 54.0 Å². The number of carbonyl (C=O) groups excluding carboxylic acids is 2. The van der Waals surface area contributed by atoms with E-state index in [1.54, 1.807) is 0 Å². The fraction of sp³-hybridized carbons (Fsp3) is 0.400. The summed E-state index contributed by atoms with van der Waals surface area (Å²) in [5.74, 6) is 1.06. The van der Waals surface area contributed by atoms with Gasteiger partial charge < -0.3 is 14.4 Å². The third kappa shape index (κ3) is 3.71. The molecule has 0 bridgehead atoms. The van der Waals surface area contributed by atoms with E-state index in [-0.39, 0.29) is 24.3 Å². The Bertz CT molecular complexity index is 1130. The lowest BCUT2D eigenvalue weighted by atomic mass is 10.1. The van der Waals surface area contributed by atoms with Crippen LogP contribution < -0.4 is 4.90 Å². The van der Waals surface area contributed by atoms with E-state index in [2.05, 4.69) is 0 Å². The number of piperidine rings is 1. The Morgan fingerprint density at radius 1 is 1.03 bits per heavy atom. The molecule has 3 heterocycles. The molecule has 0 aliphatic carbocycles. The standard InChI is InChI=1S/C25H28N4O2/c1-18-9-3-5-11-21(18)28-16-19(15-23(28)30)25-26-20-10-4-6-12-22(20)29(25)17-24(31)27-13-7-2-8-14-27/h3-6,9-12,19H,2,7-8,13-17H2,1H3/t19-/m1/s1. The van der Waals surface area contributed by atoms with Crippen LogP contribution >= 0.6 is 0 Å². The number of amides is 2. The number of carbonyl (C=O) groups is 2. The van der Waals surface area contributed by atoms with Crippen molar-refractivity contribution in [3.05, 3.63) is 59.9 Å². The molecule has 6 heteroatoms. The van der Waals surface area contributed by atoms with Crippen LogP contribution in [0.1, 0.15) is 43.0 Å². The number of benzene rings is 2. The lowest BCUT2D eigenvalue weighted by Crippen LogP contribution is -2.38. The number of aromatic nitrogens is 2. The van der Waals surface area contributed by atoms with Gasteiger partial charge in [0.1, 0.15) is 12.4 Å². The summed E-state index contributed by atoms with van der Waals surface area (Å²) >= 11 is 0. The van der Waals surface area contributed by atoms with Crippen LogP contribution in [-0.2, 0) is 16.1 Å². The molecule has 2 amide bonds. The van der Waals surface area contributed by atoms with Crippen molar-refractivity contribution in [1.82, 2.24) is 14.5 Å². The molecule has 0 radical (unpaired) electrons. The second kappa shape index (κ2) is 8.17. The van der Waals surface area contributed by atoms with Gasteiger partial charge in [-0.15, -0.1) is 0 Å². The summed E-state index contributed by atoms with van der Waals surface area (Å²) in [6.45, 7) is 4.58. The van der Waals surface area contributed by atoms with Crippen LogP contribution in [0.4, 0.5) is 5.69 Å². The zero-order valence-corrected chi connectivity index (χ0v) is 18.0. The fourth-order valence-electron chi connectivity index (χ4n) is 4.93. The predicted octanol–water partition coefficient (Wildman–Crippen LogP) is 3.88. The molecule has 0 spiro atoms. The molecule has 2 aliphatic rings. The smallest absolute Gasteiger partial charge is 0.242 e. The number of nitrogens with zero attached hydrogens (tertiary/aromatic N) is 4. The highest BCUT2D eigenvalue weighted by molar-refractivity contribution is 5.97. The van der Waals surface area contributed by atoms with Crippen molar-refractivity contribution in [2.75, 3.05) is 24.5 Å². The molecule has 0 saturated carbocycles. The minimum absolute atomic E-state index is 0.0336. The van der Waals surface area contributed by atoms with Gasteiger partial charge >= 0.3 is 0 Å². The maximum Gasteiger partial charge on any atom is 0.242 e. The maximum atomic E-state index is 13.1. The summed E-state index contributed by atoms with van der Waals surface area (Å²) in [6.07, 6.45) is 3.76. The average molecular weight is 417 g/mol. The van der Waals surface area contributed by atoms with Crippen molar-refractivity contribution in [1.29, 1.82) is 0 Å². The van der Waals surface area contributed by atoms with E-state index >= 15 is 0 Å². The Labute approximate surface area is 182 Å². The molecule has 2 fully saturated rings. The Morgan fingerprint density at radius 2 is 1.77 bits per heavy atom. The van der Waals surface area contributed by atoms with E-state index in [9.17, 15) is 9.59 Å². The maximum absolute atomic E-state index is 13.1. The van der Waals surface area contributed by atoms with Gasteiger partial charge in [-0.2, -0.15) is 0 Å². The molecule has 6 nitrogen and oxygen atoms in total. The SMILES string of the molecule is Cc1ccccc1N1C[C@H](c2nc3ccccc3n2CC(=O)N2CCCCC2)CC1=O. The number of hydrogen-bond donors (Lipinski definition) is 0.